The van der Waals surface area contributed by atoms with Crippen LogP contribution in [0.1, 0.15) is 28.9 Å². The number of hydrogen-bond acceptors (Lipinski definition) is 5. The molecule has 1 aliphatic heterocycles. The molecular formula is C20H22ClN3O4. The summed E-state index contributed by atoms with van der Waals surface area (Å²) in [6, 6.07) is 10.1. The van der Waals surface area contributed by atoms with Crippen molar-refractivity contribution in [2.24, 2.45) is 5.92 Å². The maximum Gasteiger partial charge on any atom is 0.410 e. The van der Waals surface area contributed by atoms with Gasteiger partial charge in [0.2, 0.25) is 0 Å². The van der Waals surface area contributed by atoms with Gasteiger partial charge in [0.1, 0.15) is 18.1 Å². The Kier molecular flexibility index (Phi) is 6.71. The molecular weight excluding hydrogens is 382 g/mol. The summed E-state index contributed by atoms with van der Waals surface area (Å²) < 4.78 is 5.35. The van der Waals surface area contributed by atoms with Crippen molar-refractivity contribution in [1.82, 2.24) is 15.2 Å². The summed E-state index contributed by atoms with van der Waals surface area (Å²) in [5.41, 5.74) is 1.15. The van der Waals surface area contributed by atoms with Crippen LogP contribution < -0.4 is 5.32 Å². The quantitative estimate of drug-likeness (QED) is 0.799. The highest BCUT2D eigenvalue weighted by Crippen LogP contribution is 2.18. The molecule has 1 aromatic carbocycles. The number of ether oxygens (including phenoxy) is 1. The number of likely N-dealkylation sites (tertiary alicyclic amines) is 1. The fraction of sp³-hybridized carbons (Fsp3) is 0.350. The molecule has 1 saturated heterocycles. The minimum Gasteiger partial charge on any atom is -0.506 e. The molecule has 0 aliphatic carbocycles. The van der Waals surface area contributed by atoms with Crippen LogP contribution in [0.15, 0.2) is 42.6 Å². The molecule has 148 valence electrons. The normalized spacial score (nSPS) is 14.5. The zero-order valence-electron chi connectivity index (χ0n) is 15.3. The van der Waals surface area contributed by atoms with Gasteiger partial charge < -0.3 is 20.1 Å². The summed E-state index contributed by atoms with van der Waals surface area (Å²) in [4.78, 5) is 29.8. The summed E-state index contributed by atoms with van der Waals surface area (Å²) >= 11 is 5.84. The van der Waals surface area contributed by atoms with Crippen molar-refractivity contribution in [2.45, 2.75) is 19.4 Å². The first kappa shape index (κ1) is 19.9. The highest BCUT2D eigenvalue weighted by atomic mass is 35.5. The van der Waals surface area contributed by atoms with Crippen molar-refractivity contribution < 1.29 is 19.4 Å². The van der Waals surface area contributed by atoms with E-state index in [9.17, 15) is 14.7 Å². The number of pyridine rings is 1. The van der Waals surface area contributed by atoms with Crippen molar-refractivity contribution in [3.05, 3.63) is 58.9 Å². The second-order valence-electron chi connectivity index (χ2n) is 6.72. The Hall–Kier alpha value is -2.80. The van der Waals surface area contributed by atoms with E-state index in [2.05, 4.69) is 10.3 Å². The largest absolute Gasteiger partial charge is 0.506 e. The lowest BCUT2D eigenvalue weighted by Gasteiger charge is -2.31. The number of nitrogens with one attached hydrogen (secondary N) is 1. The molecule has 0 spiro atoms. The number of nitrogens with zero attached hydrogens (tertiary/aromatic N) is 2. The van der Waals surface area contributed by atoms with Gasteiger partial charge in [-0.1, -0.05) is 23.7 Å². The van der Waals surface area contributed by atoms with E-state index in [1.54, 1.807) is 17.0 Å². The third-order valence-corrected chi connectivity index (χ3v) is 4.93. The maximum absolute atomic E-state index is 12.2. The molecule has 2 N–H and O–H groups in total. The molecule has 1 aliphatic rings. The van der Waals surface area contributed by atoms with Gasteiger partial charge in [0.15, 0.2) is 0 Å². The molecule has 7 nitrogen and oxygen atoms in total. The van der Waals surface area contributed by atoms with Gasteiger partial charge in [-0.2, -0.15) is 0 Å². The average Bonchev–Trinajstić information content (AvgIpc) is 2.72. The Morgan fingerprint density at radius 2 is 1.89 bits per heavy atom. The summed E-state index contributed by atoms with van der Waals surface area (Å²) in [7, 11) is 0. The number of benzene rings is 1. The highest BCUT2D eigenvalue weighted by Gasteiger charge is 2.24. The van der Waals surface area contributed by atoms with Gasteiger partial charge in [-0.15, -0.1) is 0 Å². The van der Waals surface area contributed by atoms with Crippen LogP contribution in [0.5, 0.6) is 5.75 Å². The zero-order chi connectivity index (χ0) is 19.9. The number of halogens is 1. The van der Waals surface area contributed by atoms with Crippen LogP contribution in [0.3, 0.4) is 0 Å². The Balaban J connectivity index is 1.37. The van der Waals surface area contributed by atoms with Crippen LogP contribution >= 0.6 is 11.6 Å². The monoisotopic (exact) mass is 403 g/mol. The lowest BCUT2D eigenvalue weighted by Crippen LogP contribution is -2.41. The molecule has 0 atom stereocenters. The molecule has 2 amide bonds. The fourth-order valence-corrected chi connectivity index (χ4v) is 3.11. The first-order chi connectivity index (χ1) is 13.5. The number of aromatic hydroxyl groups is 1. The van der Waals surface area contributed by atoms with Gasteiger partial charge >= 0.3 is 6.09 Å². The number of amides is 2. The fourth-order valence-electron chi connectivity index (χ4n) is 2.98. The second-order valence-corrected chi connectivity index (χ2v) is 7.16. The first-order valence-electron chi connectivity index (χ1n) is 9.10. The molecule has 2 aromatic rings. The topological polar surface area (TPSA) is 91.8 Å². The van der Waals surface area contributed by atoms with Crippen molar-refractivity contribution in [3.8, 4) is 5.75 Å². The molecule has 8 heteroatoms. The van der Waals surface area contributed by atoms with Crippen molar-refractivity contribution in [1.29, 1.82) is 0 Å². The van der Waals surface area contributed by atoms with Crippen molar-refractivity contribution in [3.63, 3.8) is 0 Å². The van der Waals surface area contributed by atoms with Crippen molar-refractivity contribution in [2.75, 3.05) is 19.6 Å². The number of piperidine rings is 1. The molecule has 3 rings (SSSR count). The van der Waals surface area contributed by atoms with E-state index < -0.39 is 0 Å². The molecule has 28 heavy (non-hydrogen) atoms. The third-order valence-electron chi connectivity index (χ3n) is 4.68. The van der Waals surface area contributed by atoms with Crippen molar-refractivity contribution >= 4 is 23.6 Å². The van der Waals surface area contributed by atoms with E-state index in [0.717, 1.165) is 18.4 Å². The summed E-state index contributed by atoms with van der Waals surface area (Å²) in [6.45, 7) is 1.93. The molecule has 1 fully saturated rings. The van der Waals surface area contributed by atoms with Gasteiger partial charge in [-0.25, -0.2) is 9.78 Å². The lowest BCUT2D eigenvalue weighted by atomic mass is 9.97. The summed E-state index contributed by atoms with van der Waals surface area (Å²) in [5.74, 6) is 0.0399. The maximum atomic E-state index is 12.2. The van der Waals surface area contributed by atoms with E-state index in [4.69, 9.17) is 16.3 Å². The van der Waals surface area contributed by atoms with Gasteiger partial charge in [-0.05, 0) is 48.6 Å². The van der Waals surface area contributed by atoms with Gasteiger partial charge in [-0.3, -0.25) is 4.79 Å². The zero-order valence-corrected chi connectivity index (χ0v) is 16.1. The number of aromatic nitrogens is 1. The Bertz CT molecular complexity index is 803. The SMILES string of the molecule is O=C(NCC1CCN(C(=O)OCc2ccc(Cl)cc2)CC1)c1ccc(O)cn1. The number of hydrogen-bond donors (Lipinski definition) is 2. The van der Waals surface area contributed by atoms with E-state index in [-0.39, 0.29) is 30.1 Å². The van der Waals surface area contributed by atoms with Gasteiger partial charge in [0.05, 0.1) is 6.20 Å². The average molecular weight is 404 g/mol. The van der Waals surface area contributed by atoms with E-state index in [1.165, 1.54) is 18.3 Å². The number of rotatable bonds is 5. The third kappa shape index (κ3) is 5.60. The second kappa shape index (κ2) is 9.41. The molecule has 0 saturated carbocycles. The Morgan fingerprint density at radius 1 is 1.18 bits per heavy atom. The molecule has 0 unspecified atom stereocenters. The predicted octanol–water partition coefficient (Wildman–Crippen LogP) is 3.22. The number of carbonyl (C=O) groups excluding carboxylic acids is 2. The van der Waals surface area contributed by atoms with Crippen LogP contribution in [-0.2, 0) is 11.3 Å². The minimum absolute atomic E-state index is 0.0203. The minimum atomic E-state index is -0.328. The number of carbonyl (C=O) groups is 2. The molecule has 0 bridgehead atoms. The standard InChI is InChI=1S/C20H22ClN3O4/c21-16-3-1-15(2-4-16)13-28-20(27)24-9-7-14(8-10-24)11-23-19(26)18-6-5-17(25)12-22-18/h1-6,12,14,25H,7-11,13H2,(H,23,26). The van der Waals surface area contributed by atoms with Crippen LogP contribution in [0.25, 0.3) is 0 Å². The van der Waals surface area contributed by atoms with E-state index in [1.807, 2.05) is 12.1 Å². The Morgan fingerprint density at radius 3 is 2.54 bits per heavy atom. The van der Waals surface area contributed by atoms with E-state index in [0.29, 0.717) is 30.6 Å². The Labute approximate surface area is 168 Å². The molecule has 1 aromatic heterocycles. The van der Waals surface area contributed by atoms with Crippen LogP contribution in [-0.4, -0.2) is 46.6 Å². The molecule has 2 heterocycles. The highest BCUT2D eigenvalue weighted by molar-refractivity contribution is 6.30. The van der Waals surface area contributed by atoms with Gasteiger partial charge in [0, 0.05) is 24.7 Å². The van der Waals surface area contributed by atoms with E-state index >= 15 is 0 Å². The van der Waals surface area contributed by atoms with Gasteiger partial charge in [0.25, 0.3) is 5.91 Å². The first-order valence-corrected chi connectivity index (χ1v) is 9.48. The van der Waals surface area contributed by atoms with Crippen LogP contribution in [0.2, 0.25) is 5.02 Å². The summed E-state index contributed by atoms with van der Waals surface area (Å²) in [6.07, 6.45) is 2.49. The lowest BCUT2D eigenvalue weighted by molar-refractivity contribution is 0.0800. The van der Waals surface area contributed by atoms with Crippen LogP contribution in [0, 0.1) is 5.92 Å². The smallest absolute Gasteiger partial charge is 0.410 e. The summed E-state index contributed by atoms with van der Waals surface area (Å²) in [5, 5.41) is 12.7. The molecule has 0 radical (unpaired) electrons. The van der Waals surface area contributed by atoms with Crippen LogP contribution in [0.4, 0.5) is 4.79 Å². The predicted molar refractivity (Wildman–Crippen MR) is 104 cm³/mol.